The van der Waals surface area contributed by atoms with E-state index in [1.54, 1.807) is 18.2 Å². The smallest absolute Gasteiger partial charge is 0.240 e. The Morgan fingerprint density at radius 2 is 2.20 bits per heavy atom. The van der Waals surface area contributed by atoms with E-state index in [1.165, 1.54) is 6.07 Å². The Morgan fingerprint density at radius 3 is 2.95 bits per heavy atom. The van der Waals surface area contributed by atoms with Crippen LogP contribution in [0.2, 0.25) is 0 Å². The molecule has 0 saturated carbocycles. The van der Waals surface area contributed by atoms with Gasteiger partial charge in [0.25, 0.3) is 0 Å². The number of nitrogens with zero attached hydrogens (tertiary/aromatic N) is 2. The van der Waals surface area contributed by atoms with Crippen LogP contribution < -0.4 is 5.32 Å². The average molecular weight is 295 g/mol. The Morgan fingerprint density at radius 1 is 1.40 bits per heavy atom. The van der Waals surface area contributed by atoms with Gasteiger partial charge < -0.3 is 9.84 Å². The summed E-state index contributed by atoms with van der Waals surface area (Å²) in [5, 5.41) is 7.13. The Kier molecular flexibility index (Phi) is 5.55. The van der Waals surface area contributed by atoms with Crippen molar-refractivity contribution in [3.63, 3.8) is 0 Å². The molecule has 0 amide bonds. The molecule has 1 N–H and O–H groups in total. The second-order valence-electron chi connectivity index (χ2n) is 4.55. The zero-order valence-corrected chi connectivity index (χ0v) is 12.4. The van der Waals surface area contributed by atoms with Gasteiger partial charge in [0.2, 0.25) is 11.7 Å². The van der Waals surface area contributed by atoms with Crippen LogP contribution in [0.25, 0.3) is 11.4 Å². The van der Waals surface area contributed by atoms with E-state index >= 15 is 0 Å². The molecule has 0 radical (unpaired) electrons. The molecule has 0 aliphatic heterocycles. The molecule has 1 unspecified atom stereocenters. The quantitative estimate of drug-likeness (QED) is 0.850. The Hall–Kier alpha value is -1.40. The maximum absolute atomic E-state index is 13.6. The summed E-state index contributed by atoms with van der Waals surface area (Å²) in [5.41, 5.74) is 0.359. The van der Waals surface area contributed by atoms with Gasteiger partial charge in [0.05, 0.1) is 12.1 Å². The first-order chi connectivity index (χ1) is 9.70. The van der Waals surface area contributed by atoms with Gasteiger partial charge in [-0.1, -0.05) is 17.3 Å². The SMILES string of the molecule is CSCCC(C)NCc1nc(-c2ccccc2F)no1. The summed E-state index contributed by atoms with van der Waals surface area (Å²) < 4.78 is 18.7. The van der Waals surface area contributed by atoms with Gasteiger partial charge in [0, 0.05) is 6.04 Å². The van der Waals surface area contributed by atoms with Crippen LogP contribution >= 0.6 is 11.8 Å². The van der Waals surface area contributed by atoms with Crippen LogP contribution in [-0.4, -0.2) is 28.2 Å². The van der Waals surface area contributed by atoms with Crippen molar-refractivity contribution in [3.05, 3.63) is 36.0 Å². The molecular weight excluding hydrogens is 277 g/mol. The van der Waals surface area contributed by atoms with Crippen molar-refractivity contribution in [1.29, 1.82) is 0 Å². The van der Waals surface area contributed by atoms with Crippen molar-refractivity contribution in [2.45, 2.75) is 25.9 Å². The lowest BCUT2D eigenvalue weighted by Crippen LogP contribution is -2.26. The van der Waals surface area contributed by atoms with E-state index in [4.69, 9.17) is 4.52 Å². The van der Waals surface area contributed by atoms with E-state index in [-0.39, 0.29) is 11.6 Å². The van der Waals surface area contributed by atoms with E-state index in [0.717, 1.165) is 12.2 Å². The third-order valence-corrected chi connectivity index (χ3v) is 3.58. The summed E-state index contributed by atoms with van der Waals surface area (Å²) in [6.07, 6.45) is 3.17. The zero-order chi connectivity index (χ0) is 14.4. The summed E-state index contributed by atoms with van der Waals surface area (Å²) in [7, 11) is 0. The van der Waals surface area contributed by atoms with Gasteiger partial charge in [-0.2, -0.15) is 16.7 Å². The first-order valence-electron chi connectivity index (χ1n) is 6.50. The van der Waals surface area contributed by atoms with Crippen LogP contribution in [0.3, 0.4) is 0 Å². The van der Waals surface area contributed by atoms with Gasteiger partial charge in [-0.15, -0.1) is 0 Å². The molecule has 0 saturated heterocycles. The number of hydrogen-bond donors (Lipinski definition) is 1. The first-order valence-corrected chi connectivity index (χ1v) is 7.90. The minimum atomic E-state index is -0.346. The van der Waals surface area contributed by atoms with Crippen LogP contribution in [0, 0.1) is 5.82 Å². The maximum atomic E-state index is 13.6. The van der Waals surface area contributed by atoms with Gasteiger partial charge in [-0.3, -0.25) is 0 Å². The third-order valence-electron chi connectivity index (χ3n) is 2.94. The fraction of sp³-hybridized carbons (Fsp3) is 0.429. The molecule has 0 spiro atoms. The predicted molar refractivity (Wildman–Crippen MR) is 79.0 cm³/mol. The van der Waals surface area contributed by atoms with Crippen LogP contribution in [0.1, 0.15) is 19.2 Å². The summed E-state index contributed by atoms with van der Waals surface area (Å²) in [6, 6.07) is 6.78. The Labute approximate surface area is 122 Å². The number of benzene rings is 1. The van der Waals surface area contributed by atoms with Crippen LogP contribution in [0.5, 0.6) is 0 Å². The van der Waals surface area contributed by atoms with E-state index in [9.17, 15) is 4.39 Å². The monoisotopic (exact) mass is 295 g/mol. The summed E-state index contributed by atoms with van der Waals surface area (Å²) in [5.74, 6) is 1.52. The lowest BCUT2D eigenvalue weighted by Gasteiger charge is -2.10. The van der Waals surface area contributed by atoms with Crippen molar-refractivity contribution in [3.8, 4) is 11.4 Å². The van der Waals surface area contributed by atoms with Gasteiger partial charge in [-0.25, -0.2) is 4.39 Å². The van der Waals surface area contributed by atoms with E-state index in [2.05, 4.69) is 28.6 Å². The molecule has 0 aliphatic rings. The van der Waals surface area contributed by atoms with Crippen molar-refractivity contribution in [2.24, 2.45) is 0 Å². The highest BCUT2D eigenvalue weighted by Gasteiger charge is 2.12. The minimum Gasteiger partial charge on any atom is -0.338 e. The molecule has 108 valence electrons. The number of aromatic nitrogens is 2. The average Bonchev–Trinajstić information content (AvgIpc) is 2.92. The standard InChI is InChI=1S/C14H18FN3OS/c1-10(7-8-20-2)16-9-13-17-14(18-19-13)11-5-3-4-6-12(11)15/h3-6,10,16H,7-9H2,1-2H3. The summed E-state index contributed by atoms with van der Waals surface area (Å²) in [4.78, 5) is 4.21. The lowest BCUT2D eigenvalue weighted by atomic mass is 10.2. The number of halogens is 1. The molecule has 20 heavy (non-hydrogen) atoms. The van der Waals surface area contributed by atoms with E-state index in [1.807, 2.05) is 11.8 Å². The van der Waals surface area contributed by atoms with Crippen molar-refractivity contribution >= 4 is 11.8 Å². The molecule has 6 heteroatoms. The topological polar surface area (TPSA) is 51.0 Å². The molecular formula is C14H18FN3OS. The minimum absolute atomic E-state index is 0.289. The molecule has 2 rings (SSSR count). The van der Waals surface area contributed by atoms with Crippen molar-refractivity contribution < 1.29 is 8.91 Å². The fourth-order valence-electron chi connectivity index (χ4n) is 1.74. The number of nitrogens with one attached hydrogen (secondary N) is 1. The predicted octanol–water partition coefficient (Wildman–Crippen LogP) is 3.11. The van der Waals surface area contributed by atoms with Gasteiger partial charge in [0.15, 0.2) is 0 Å². The summed E-state index contributed by atoms with van der Waals surface area (Å²) in [6.45, 7) is 2.61. The second-order valence-corrected chi connectivity index (χ2v) is 5.54. The lowest BCUT2D eigenvalue weighted by molar-refractivity contribution is 0.358. The highest BCUT2D eigenvalue weighted by atomic mass is 32.2. The van der Waals surface area contributed by atoms with Crippen molar-refractivity contribution in [2.75, 3.05) is 12.0 Å². The van der Waals surface area contributed by atoms with Crippen LogP contribution in [0.15, 0.2) is 28.8 Å². The molecule has 1 aromatic carbocycles. The molecule has 0 bridgehead atoms. The third kappa shape index (κ3) is 4.05. The summed E-state index contributed by atoms with van der Waals surface area (Å²) >= 11 is 1.82. The van der Waals surface area contributed by atoms with Gasteiger partial charge in [0.1, 0.15) is 5.82 Å². The number of rotatable bonds is 7. The molecule has 0 aliphatic carbocycles. The van der Waals surface area contributed by atoms with Crippen molar-refractivity contribution in [1.82, 2.24) is 15.5 Å². The normalized spacial score (nSPS) is 12.6. The highest BCUT2D eigenvalue weighted by molar-refractivity contribution is 7.98. The molecule has 0 fully saturated rings. The maximum Gasteiger partial charge on any atom is 0.240 e. The van der Waals surface area contributed by atoms with Gasteiger partial charge in [-0.05, 0) is 37.5 Å². The molecule has 2 aromatic rings. The second kappa shape index (κ2) is 7.40. The first kappa shape index (κ1) is 15.0. The fourth-order valence-corrected chi connectivity index (χ4v) is 2.33. The zero-order valence-electron chi connectivity index (χ0n) is 11.6. The molecule has 1 atom stereocenters. The Balaban J connectivity index is 1.94. The largest absolute Gasteiger partial charge is 0.338 e. The molecule has 1 aromatic heterocycles. The number of hydrogen-bond acceptors (Lipinski definition) is 5. The van der Waals surface area contributed by atoms with E-state index < -0.39 is 0 Å². The molecule has 4 nitrogen and oxygen atoms in total. The Bertz CT molecular complexity index is 547. The number of thioether (sulfide) groups is 1. The van der Waals surface area contributed by atoms with Gasteiger partial charge >= 0.3 is 0 Å². The van der Waals surface area contributed by atoms with Crippen LogP contribution in [0.4, 0.5) is 4.39 Å². The van der Waals surface area contributed by atoms with Crippen LogP contribution in [-0.2, 0) is 6.54 Å². The molecule has 1 heterocycles. The van der Waals surface area contributed by atoms with E-state index in [0.29, 0.717) is 24.0 Å². The highest BCUT2D eigenvalue weighted by Crippen LogP contribution is 2.19.